The molecule has 1 saturated heterocycles. The monoisotopic (exact) mass is 165 g/mol. The zero-order valence-electron chi connectivity index (χ0n) is 6.06. The van der Waals surface area contributed by atoms with Crippen molar-refractivity contribution in [1.29, 1.82) is 0 Å². The largest absolute Gasteiger partial charge is 0.377 e. The van der Waals surface area contributed by atoms with Crippen LogP contribution in [0, 0.1) is 0 Å². The molecule has 1 heterocycles. The molecule has 1 rings (SSSR count). The molecule has 0 aromatic heterocycles. The summed E-state index contributed by atoms with van der Waals surface area (Å²) in [7, 11) is 0. The third-order valence-electron chi connectivity index (χ3n) is 1.37. The third kappa shape index (κ3) is 2.11. The van der Waals surface area contributed by atoms with E-state index in [4.69, 9.17) is 0 Å². The van der Waals surface area contributed by atoms with E-state index in [0.29, 0.717) is 20.1 Å². The molecule has 1 amide bonds. The minimum atomic E-state index is -3.28. The fourth-order valence-electron chi connectivity index (χ4n) is 0.631. The molecule has 0 aliphatic carbocycles. The van der Waals surface area contributed by atoms with E-state index >= 15 is 0 Å². The van der Waals surface area contributed by atoms with Crippen molar-refractivity contribution in [2.45, 2.75) is 18.9 Å². The Hall–Kier alpha value is -0.710. The summed E-state index contributed by atoms with van der Waals surface area (Å²) in [4.78, 5) is 10.6. The van der Waals surface area contributed by atoms with Crippen LogP contribution in [-0.2, 0) is 9.53 Å². The minimum absolute atomic E-state index is 0.228. The Morgan fingerprint density at radius 1 is 1.64 bits per heavy atom. The average Bonchev–Trinajstić information content (AvgIpc) is 1.75. The van der Waals surface area contributed by atoms with Crippen molar-refractivity contribution in [3.63, 3.8) is 0 Å². The summed E-state index contributed by atoms with van der Waals surface area (Å²) in [5.41, 5.74) is 0. The molecule has 0 bridgehead atoms. The Balaban J connectivity index is 2.30. The van der Waals surface area contributed by atoms with Crippen LogP contribution in [-0.4, -0.2) is 31.1 Å². The zero-order valence-corrected chi connectivity index (χ0v) is 6.06. The molecular weight excluding hydrogens is 156 g/mol. The number of hydrogen-bond acceptors (Lipinski definition) is 2. The standard InChI is InChI=1S/C6H9F2NO2/c1-6(7,8)5(10)9-4-2-11-3-4/h4H,2-3H2,1H3,(H,9,10). The maximum atomic E-state index is 12.2. The van der Waals surface area contributed by atoms with Crippen molar-refractivity contribution in [1.82, 2.24) is 5.32 Å². The van der Waals surface area contributed by atoms with E-state index in [0.717, 1.165) is 0 Å². The van der Waals surface area contributed by atoms with Crippen LogP contribution in [0.1, 0.15) is 6.92 Å². The summed E-state index contributed by atoms with van der Waals surface area (Å²) in [6.07, 6.45) is 0. The Bertz CT molecular complexity index is 162. The first kappa shape index (κ1) is 8.39. The number of carbonyl (C=O) groups excluding carboxylic acids is 1. The van der Waals surface area contributed by atoms with Gasteiger partial charge in [0.15, 0.2) is 0 Å². The van der Waals surface area contributed by atoms with Gasteiger partial charge in [-0.25, -0.2) is 0 Å². The van der Waals surface area contributed by atoms with E-state index in [9.17, 15) is 13.6 Å². The maximum absolute atomic E-state index is 12.2. The molecule has 11 heavy (non-hydrogen) atoms. The third-order valence-corrected chi connectivity index (χ3v) is 1.37. The minimum Gasteiger partial charge on any atom is -0.377 e. The van der Waals surface area contributed by atoms with Gasteiger partial charge in [0.2, 0.25) is 0 Å². The van der Waals surface area contributed by atoms with E-state index in [-0.39, 0.29) is 6.04 Å². The number of alkyl halides is 2. The van der Waals surface area contributed by atoms with Crippen molar-refractivity contribution in [3.8, 4) is 0 Å². The van der Waals surface area contributed by atoms with Gasteiger partial charge in [-0.3, -0.25) is 4.79 Å². The van der Waals surface area contributed by atoms with E-state index in [1.165, 1.54) is 0 Å². The number of amides is 1. The van der Waals surface area contributed by atoms with Gasteiger partial charge in [0.1, 0.15) is 0 Å². The van der Waals surface area contributed by atoms with Crippen LogP contribution in [0.4, 0.5) is 8.78 Å². The molecule has 64 valence electrons. The number of rotatable bonds is 2. The first-order chi connectivity index (χ1) is 5.00. The Labute approximate surface area is 62.7 Å². The lowest BCUT2D eigenvalue weighted by Gasteiger charge is -2.27. The molecule has 0 aromatic rings. The molecule has 0 aromatic carbocycles. The molecule has 0 saturated carbocycles. The first-order valence-corrected chi connectivity index (χ1v) is 3.26. The number of carbonyl (C=O) groups is 1. The van der Waals surface area contributed by atoms with Crippen molar-refractivity contribution in [2.75, 3.05) is 13.2 Å². The average molecular weight is 165 g/mol. The normalized spacial score (nSPS) is 19.2. The summed E-state index contributed by atoms with van der Waals surface area (Å²) in [5, 5.41) is 2.14. The predicted octanol–water partition coefficient (Wildman–Crippen LogP) is 0.157. The highest BCUT2D eigenvalue weighted by atomic mass is 19.3. The molecule has 1 aliphatic rings. The van der Waals surface area contributed by atoms with Gasteiger partial charge in [-0.05, 0) is 0 Å². The van der Waals surface area contributed by atoms with E-state index in [2.05, 4.69) is 10.1 Å². The Morgan fingerprint density at radius 3 is 2.45 bits per heavy atom. The fourth-order valence-corrected chi connectivity index (χ4v) is 0.631. The van der Waals surface area contributed by atoms with Crippen LogP contribution in [0.3, 0.4) is 0 Å². The van der Waals surface area contributed by atoms with Gasteiger partial charge < -0.3 is 10.1 Å². The van der Waals surface area contributed by atoms with Gasteiger partial charge in [0.05, 0.1) is 19.3 Å². The molecule has 0 unspecified atom stereocenters. The number of halogens is 2. The predicted molar refractivity (Wildman–Crippen MR) is 33.4 cm³/mol. The lowest BCUT2D eigenvalue weighted by Crippen LogP contribution is -2.52. The van der Waals surface area contributed by atoms with Crippen LogP contribution in [0.15, 0.2) is 0 Å². The van der Waals surface area contributed by atoms with Crippen LogP contribution < -0.4 is 5.32 Å². The van der Waals surface area contributed by atoms with Crippen molar-refractivity contribution >= 4 is 5.91 Å². The summed E-state index contributed by atoms with van der Waals surface area (Å²) in [6, 6.07) is -0.228. The van der Waals surface area contributed by atoms with Crippen LogP contribution in [0.5, 0.6) is 0 Å². The first-order valence-electron chi connectivity index (χ1n) is 3.26. The molecule has 1 N–H and O–H groups in total. The summed E-state index contributed by atoms with van der Waals surface area (Å²) >= 11 is 0. The fraction of sp³-hybridized carbons (Fsp3) is 0.833. The van der Waals surface area contributed by atoms with Gasteiger partial charge in [0.25, 0.3) is 5.91 Å². The SMILES string of the molecule is CC(F)(F)C(=O)NC1COC1. The van der Waals surface area contributed by atoms with Gasteiger partial charge in [-0.15, -0.1) is 0 Å². The number of nitrogens with one attached hydrogen (secondary N) is 1. The van der Waals surface area contributed by atoms with Gasteiger partial charge in [-0.2, -0.15) is 8.78 Å². The van der Waals surface area contributed by atoms with Crippen LogP contribution in [0.2, 0.25) is 0 Å². The van der Waals surface area contributed by atoms with Crippen LogP contribution in [0.25, 0.3) is 0 Å². The molecule has 0 radical (unpaired) electrons. The lowest BCUT2D eigenvalue weighted by atomic mass is 10.2. The highest BCUT2D eigenvalue weighted by molar-refractivity contribution is 5.83. The van der Waals surface area contributed by atoms with Crippen molar-refractivity contribution < 1.29 is 18.3 Å². The van der Waals surface area contributed by atoms with Crippen LogP contribution >= 0.6 is 0 Å². The Morgan fingerprint density at radius 2 is 2.18 bits per heavy atom. The molecule has 3 nitrogen and oxygen atoms in total. The molecule has 1 aliphatic heterocycles. The zero-order chi connectivity index (χ0) is 8.48. The van der Waals surface area contributed by atoms with Gasteiger partial charge >= 0.3 is 5.92 Å². The van der Waals surface area contributed by atoms with E-state index in [1.54, 1.807) is 0 Å². The number of ether oxygens (including phenoxy) is 1. The second kappa shape index (κ2) is 2.73. The second-order valence-electron chi connectivity index (χ2n) is 2.60. The lowest BCUT2D eigenvalue weighted by molar-refractivity contribution is -0.147. The molecule has 1 fully saturated rings. The summed E-state index contributed by atoms with van der Waals surface area (Å²) < 4.78 is 29.1. The maximum Gasteiger partial charge on any atom is 0.321 e. The Kier molecular flexibility index (Phi) is 2.08. The topological polar surface area (TPSA) is 38.3 Å². The van der Waals surface area contributed by atoms with Crippen molar-refractivity contribution in [2.24, 2.45) is 0 Å². The highest BCUT2D eigenvalue weighted by Crippen LogP contribution is 2.12. The molecular formula is C6H9F2NO2. The second-order valence-corrected chi connectivity index (χ2v) is 2.60. The smallest absolute Gasteiger partial charge is 0.321 e. The molecule has 0 atom stereocenters. The highest BCUT2D eigenvalue weighted by Gasteiger charge is 2.35. The summed E-state index contributed by atoms with van der Waals surface area (Å²) in [5.74, 6) is -4.51. The molecule has 5 heteroatoms. The quantitative estimate of drug-likeness (QED) is 0.632. The van der Waals surface area contributed by atoms with Gasteiger partial charge in [0, 0.05) is 6.92 Å². The van der Waals surface area contributed by atoms with E-state index < -0.39 is 11.8 Å². The number of hydrogen-bond donors (Lipinski definition) is 1. The molecule has 0 spiro atoms. The summed E-state index contributed by atoms with van der Waals surface area (Å²) in [6.45, 7) is 1.24. The van der Waals surface area contributed by atoms with E-state index in [1.807, 2.05) is 0 Å². The van der Waals surface area contributed by atoms with Gasteiger partial charge in [-0.1, -0.05) is 0 Å². The van der Waals surface area contributed by atoms with Crippen molar-refractivity contribution in [3.05, 3.63) is 0 Å².